The van der Waals surface area contributed by atoms with Crippen LogP contribution in [0.2, 0.25) is 0 Å². The van der Waals surface area contributed by atoms with Crippen LogP contribution in [-0.2, 0) is 17.1 Å². The molecule has 0 unspecified atom stereocenters. The van der Waals surface area contributed by atoms with Gasteiger partial charge in [0, 0.05) is 46.0 Å². The topological polar surface area (TPSA) is 84.5 Å². The quantitative estimate of drug-likeness (QED) is 0.774. The molecule has 0 aromatic carbocycles. The molecule has 0 amide bonds. The highest BCUT2D eigenvalue weighted by atomic mass is 32.2. The summed E-state index contributed by atoms with van der Waals surface area (Å²) in [5, 5.41) is 3.93. The van der Waals surface area contributed by atoms with Crippen LogP contribution in [0, 0.1) is 0 Å². The lowest BCUT2D eigenvalue weighted by Crippen LogP contribution is -2.36. The van der Waals surface area contributed by atoms with Gasteiger partial charge >= 0.3 is 0 Å². The van der Waals surface area contributed by atoms with E-state index in [9.17, 15) is 8.42 Å². The number of hydrogen-bond acceptors (Lipinski definition) is 5. The molecule has 0 radical (unpaired) electrons. The Morgan fingerprint density at radius 3 is 2.74 bits per heavy atom. The lowest BCUT2D eigenvalue weighted by molar-refractivity contribution is 0.294. The van der Waals surface area contributed by atoms with E-state index in [2.05, 4.69) is 10.00 Å². The van der Waals surface area contributed by atoms with Crippen molar-refractivity contribution in [3.05, 3.63) is 12.4 Å². The monoisotopic (exact) mass is 287 g/mol. The fourth-order valence-corrected chi connectivity index (χ4v) is 3.73. The lowest BCUT2D eigenvalue weighted by atomic mass is 10.4. The zero-order chi connectivity index (χ0) is 13.9. The van der Waals surface area contributed by atoms with Gasteiger partial charge in [0.1, 0.15) is 4.90 Å². The Balaban J connectivity index is 2.09. The summed E-state index contributed by atoms with van der Waals surface area (Å²) in [6, 6.07) is 0. The number of rotatable bonds is 4. The SMILES string of the molecule is Cn1cc(S(=O)(=O)N2CCCN(CCN)CC2)cn1. The highest BCUT2D eigenvalue weighted by molar-refractivity contribution is 7.89. The van der Waals surface area contributed by atoms with Crippen LogP contribution >= 0.6 is 0 Å². The van der Waals surface area contributed by atoms with Gasteiger partial charge in [-0.2, -0.15) is 9.40 Å². The molecule has 8 heteroatoms. The molecule has 0 bridgehead atoms. The predicted octanol–water partition coefficient (Wildman–Crippen LogP) is -0.925. The number of hydrogen-bond donors (Lipinski definition) is 1. The largest absolute Gasteiger partial charge is 0.329 e. The normalized spacial score (nSPS) is 19.5. The van der Waals surface area contributed by atoms with Gasteiger partial charge in [0.05, 0.1) is 6.20 Å². The maximum atomic E-state index is 12.4. The smallest absolute Gasteiger partial charge is 0.246 e. The summed E-state index contributed by atoms with van der Waals surface area (Å²) >= 11 is 0. The van der Waals surface area contributed by atoms with Crippen LogP contribution in [0.5, 0.6) is 0 Å². The maximum absolute atomic E-state index is 12.4. The Hall–Kier alpha value is -0.960. The first kappa shape index (κ1) is 14.4. The summed E-state index contributed by atoms with van der Waals surface area (Å²) in [5.74, 6) is 0. The fourth-order valence-electron chi connectivity index (χ4n) is 2.27. The van der Waals surface area contributed by atoms with Crippen LogP contribution in [0.15, 0.2) is 17.3 Å². The van der Waals surface area contributed by atoms with Crippen LogP contribution in [0.25, 0.3) is 0 Å². The Morgan fingerprint density at radius 1 is 1.32 bits per heavy atom. The Labute approximate surface area is 114 Å². The minimum atomic E-state index is -3.41. The number of nitrogens with two attached hydrogens (primary N) is 1. The summed E-state index contributed by atoms with van der Waals surface area (Å²) in [6.07, 6.45) is 3.77. The number of nitrogens with zero attached hydrogens (tertiary/aromatic N) is 4. The summed E-state index contributed by atoms with van der Waals surface area (Å²) < 4.78 is 27.9. The lowest BCUT2D eigenvalue weighted by Gasteiger charge is -2.20. The first-order chi connectivity index (χ1) is 9.04. The average molecular weight is 287 g/mol. The van der Waals surface area contributed by atoms with Crippen molar-refractivity contribution < 1.29 is 8.42 Å². The Kier molecular flexibility index (Phi) is 4.56. The third-order valence-electron chi connectivity index (χ3n) is 3.31. The van der Waals surface area contributed by atoms with Crippen molar-refractivity contribution in [3.8, 4) is 0 Å². The van der Waals surface area contributed by atoms with Crippen molar-refractivity contribution in [3.63, 3.8) is 0 Å². The van der Waals surface area contributed by atoms with Crippen molar-refractivity contribution in [2.75, 3.05) is 39.3 Å². The molecule has 1 aliphatic heterocycles. The van der Waals surface area contributed by atoms with Gasteiger partial charge in [-0.25, -0.2) is 8.42 Å². The van der Waals surface area contributed by atoms with E-state index >= 15 is 0 Å². The molecular weight excluding hydrogens is 266 g/mol. The van der Waals surface area contributed by atoms with Gasteiger partial charge in [-0.1, -0.05) is 0 Å². The summed E-state index contributed by atoms with van der Waals surface area (Å²) in [7, 11) is -1.70. The molecule has 0 aliphatic carbocycles. The number of sulfonamides is 1. The van der Waals surface area contributed by atoms with Crippen LogP contribution in [0.4, 0.5) is 0 Å². The summed E-state index contributed by atoms with van der Waals surface area (Å²) in [6.45, 7) is 4.12. The first-order valence-corrected chi connectivity index (χ1v) is 7.89. The molecule has 2 rings (SSSR count). The van der Waals surface area contributed by atoms with E-state index in [0.29, 0.717) is 19.6 Å². The highest BCUT2D eigenvalue weighted by Crippen LogP contribution is 2.16. The molecule has 1 saturated heterocycles. The molecule has 2 N–H and O–H groups in total. The molecule has 0 atom stereocenters. The molecule has 1 fully saturated rings. The summed E-state index contributed by atoms with van der Waals surface area (Å²) in [5.41, 5.74) is 5.54. The second kappa shape index (κ2) is 6.00. The van der Waals surface area contributed by atoms with Gasteiger partial charge in [-0.05, 0) is 13.0 Å². The van der Waals surface area contributed by atoms with E-state index in [-0.39, 0.29) is 4.90 Å². The van der Waals surface area contributed by atoms with Crippen LogP contribution in [-0.4, -0.2) is 66.7 Å². The highest BCUT2D eigenvalue weighted by Gasteiger charge is 2.27. The van der Waals surface area contributed by atoms with Crippen molar-refractivity contribution in [2.45, 2.75) is 11.3 Å². The van der Waals surface area contributed by atoms with Gasteiger partial charge < -0.3 is 10.6 Å². The van der Waals surface area contributed by atoms with Gasteiger partial charge in [-0.15, -0.1) is 0 Å². The molecule has 0 saturated carbocycles. The van der Waals surface area contributed by atoms with Gasteiger partial charge in [0.2, 0.25) is 10.0 Å². The maximum Gasteiger partial charge on any atom is 0.246 e. The molecule has 1 aromatic heterocycles. The fraction of sp³-hybridized carbons (Fsp3) is 0.727. The zero-order valence-electron chi connectivity index (χ0n) is 11.2. The van der Waals surface area contributed by atoms with Gasteiger partial charge in [0.25, 0.3) is 0 Å². The Bertz CT molecular complexity index is 513. The predicted molar refractivity (Wildman–Crippen MR) is 72.1 cm³/mol. The molecule has 2 heterocycles. The van der Waals surface area contributed by atoms with E-state index in [4.69, 9.17) is 5.73 Å². The van der Waals surface area contributed by atoms with Crippen LogP contribution < -0.4 is 5.73 Å². The van der Waals surface area contributed by atoms with E-state index in [1.54, 1.807) is 11.4 Å². The minimum Gasteiger partial charge on any atom is -0.329 e. The molecule has 1 aliphatic rings. The standard InChI is InChI=1S/C11H21N5O2S/c1-14-10-11(9-13-14)19(17,18)16-5-2-4-15(6-3-12)7-8-16/h9-10H,2-8,12H2,1H3. The molecule has 19 heavy (non-hydrogen) atoms. The van der Waals surface area contributed by atoms with E-state index in [0.717, 1.165) is 26.1 Å². The second-order valence-corrected chi connectivity index (χ2v) is 6.68. The molecular formula is C11H21N5O2S. The minimum absolute atomic E-state index is 0.266. The van der Waals surface area contributed by atoms with E-state index in [1.165, 1.54) is 17.1 Å². The van der Waals surface area contributed by atoms with E-state index < -0.39 is 10.0 Å². The van der Waals surface area contributed by atoms with Crippen molar-refractivity contribution in [2.24, 2.45) is 12.8 Å². The van der Waals surface area contributed by atoms with Crippen molar-refractivity contribution in [1.82, 2.24) is 19.0 Å². The first-order valence-electron chi connectivity index (χ1n) is 6.45. The van der Waals surface area contributed by atoms with Crippen LogP contribution in [0.3, 0.4) is 0 Å². The molecule has 0 spiro atoms. The average Bonchev–Trinajstić information content (AvgIpc) is 2.66. The molecule has 108 valence electrons. The van der Waals surface area contributed by atoms with E-state index in [1.807, 2.05) is 0 Å². The second-order valence-electron chi connectivity index (χ2n) is 4.74. The van der Waals surface area contributed by atoms with Crippen molar-refractivity contribution >= 4 is 10.0 Å². The zero-order valence-corrected chi connectivity index (χ0v) is 12.0. The van der Waals surface area contributed by atoms with Gasteiger partial charge in [-0.3, -0.25) is 4.68 Å². The summed E-state index contributed by atoms with van der Waals surface area (Å²) in [4.78, 5) is 2.47. The number of aryl methyl sites for hydroxylation is 1. The Morgan fingerprint density at radius 2 is 2.11 bits per heavy atom. The molecule has 1 aromatic rings. The third kappa shape index (κ3) is 3.33. The van der Waals surface area contributed by atoms with Crippen molar-refractivity contribution in [1.29, 1.82) is 0 Å². The molecule has 7 nitrogen and oxygen atoms in total. The van der Waals surface area contributed by atoms with Gasteiger partial charge in [0.15, 0.2) is 0 Å². The van der Waals surface area contributed by atoms with Crippen LogP contribution in [0.1, 0.15) is 6.42 Å². The third-order valence-corrected chi connectivity index (χ3v) is 5.16. The number of aromatic nitrogens is 2.